The number of carboxylic acids is 1. The van der Waals surface area contributed by atoms with Crippen molar-refractivity contribution in [3.8, 4) is 0 Å². The molecule has 1 unspecified atom stereocenters. The lowest BCUT2D eigenvalue weighted by Crippen LogP contribution is -2.60. The van der Waals surface area contributed by atoms with E-state index in [0.29, 0.717) is 6.54 Å². The van der Waals surface area contributed by atoms with Gasteiger partial charge in [-0.3, -0.25) is 9.59 Å². The quantitative estimate of drug-likeness (QED) is 0.625. The van der Waals surface area contributed by atoms with Gasteiger partial charge in [0, 0.05) is 26.7 Å². The van der Waals surface area contributed by atoms with E-state index in [9.17, 15) is 14.4 Å². The lowest BCUT2D eigenvalue weighted by Gasteiger charge is -2.35. The van der Waals surface area contributed by atoms with Crippen LogP contribution >= 0.6 is 0 Å². The zero-order valence-electron chi connectivity index (χ0n) is 11.9. The summed E-state index contributed by atoms with van der Waals surface area (Å²) in [7, 11) is 1.54. The van der Waals surface area contributed by atoms with Gasteiger partial charge in [-0.05, 0) is 13.8 Å². The van der Waals surface area contributed by atoms with E-state index in [2.05, 4.69) is 10.6 Å². The molecule has 3 amide bonds. The van der Waals surface area contributed by atoms with Crippen LogP contribution in [0.15, 0.2) is 0 Å². The average molecular weight is 287 g/mol. The second-order valence-corrected chi connectivity index (χ2v) is 5.22. The molecule has 1 aliphatic rings. The first kappa shape index (κ1) is 16.2. The van der Waals surface area contributed by atoms with Crippen LogP contribution in [-0.2, 0) is 14.3 Å². The van der Waals surface area contributed by atoms with Crippen LogP contribution in [0.1, 0.15) is 20.3 Å². The first-order chi connectivity index (χ1) is 9.26. The molecule has 1 atom stereocenters. The Kier molecular flexibility index (Phi) is 5.32. The highest BCUT2D eigenvalue weighted by Gasteiger charge is 2.35. The first-order valence-corrected chi connectivity index (χ1v) is 6.36. The predicted molar refractivity (Wildman–Crippen MR) is 70.2 cm³/mol. The summed E-state index contributed by atoms with van der Waals surface area (Å²) in [5.74, 6) is -1.57. The molecule has 1 heterocycles. The second-order valence-electron chi connectivity index (χ2n) is 5.22. The smallest absolute Gasteiger partial charge is 0.318 e. The molecule has 1 saturated heterocycles. The fourth-order valence-corrected chi connectivity index (χ4v) is 1.79. The van der Waals surface area contributed by atoms with E-state index in [4.69, 9.17) is 9.84 Å². The summed E-state index contributed by atoms with van der Waals surface area (Å²) in [6.07, 6.45) is -0.410. The maximum Gasteiger partial charge on any atom is 0.318 e. The molecule has 0 saturated carbocycles. The fourth-order valence-electron chi connectivity index (χ4n) is 1.79. The zero-order chi connectivity index (χ0) is 15.3. The average Bonchev–Trinajstić information content (AvgIpc) is 2.38. The largest absolute Gasteiger partial charge is 0.481 e. The minimum atomic E-state index is -1.12. The molecule has 0 aromatic heterocycles. The SMILES string of the molecule is COC(C)(C)CNC(=O)N1CCNC(=O)C1CC(=O)O. The van der Waals surface area contributed by atoms with Crippen LogP contribution in [0.3, 0.4) is 0 Å². The highest BCUT2D eigenvalue weighted by atomic mass is 16.5. The van der Waals surface area contributed by atoms with Crippen molar-refractivity contribution >= 4 is 17.9 Å². The Morgan fingerprint density at radius 1 is 1.55 bits per heavy atom. The number of rotatable bonds is 5. The molecule has 8 nitrogen and oxygen atoms in total. The van der Waals surface area contributed by atoms with Crippen LogP contribution in [0.4, 0.5) is 4.79 Å². The Morgan fingerprint density at radius 3 is 2.75 bits per heavy atom. The lowest BCUT2D eigenvalue weighted by molar-refractivity contribution is -0.142. The Labute approximate surface area is 117 Å². The Hall–Kier alpha value is -1.83. The predicted octanol–water partition coefficient (Wildman–Crippen LogP) is -0.604. The molecule has 0 bridgehead atoms. The zero-order valence-corrected chi connectivity index (χ0v) is 11.9. The summed E-state index contributed by atoms with van der Waals surface area (Å²) >= 11 is 0. The Morgan fingerprint density at radius 2 is 2.20 bits per heavy atom. The maximum absolute atomic E-state index is 12.1. The van der Waals surface area contributed by atoms with Crippen molar-refractivity contribution < 1.29 is 24.2 Å². The number of carbonyl (C=O) groups excluding carboxylic acids is 2. The number of aliphatic carboxylic acids is 1. The molecule has 1 aliphatic heterocycles. The highest BCUT2D eigenvalue weighted by Crippen LogP contribution is 2.10. The van der Waals surface area contributed by atoms with Gasteiger partial charge in [-0.2, -0.15) is 0 Å². The molecule has 3 N–H and O–H groups in total. The lowest BCUT2D eigenvalue weighted by atomic mass is 10.1. The topological polar surface area (TPSA) is 108 Å². The standard InChI is InChI=1S/C12H21N3O5/c1-12(2,20-3)7-14-11(19)15-5-4-13-10(18)8(15)6-9(16)17/h8H,4-7H2,1-3H3,(H,13,18)(H,14,19)(H,16,17). The molecular formula is C12H21N3O5. The van der Waals surface area contributed by atoms with Crippen LogP contribution in [0.5, 0.6) is 0 Å². The van der Waals surface area contributed by atoms with Crippen LogP contribution in [0, 0.1) is 0 Å². The third-order valence-corrected chi connectivity index (χ3v) is 3.18. The van der Waals surface area contributed by atoms with Gasteiger partial charge < -0.3 is 25.4 Å². The summed E-state index contributed by atoms with van der Waals surface area (Å²) in [6, 6.07) is -1.44. The molecular weight excluding hydrogens is 266 g/mol. The third-order valence-electron chi connectivity index (χ3n) is 3.18. The van der Waals surface area contributed by atoms with Crippen LogP contribution in [-0.4, -0.2) is 66.3 Å². The van der Waals surface area contributed by atoms with E-state index in [1.54, 1.807) is 0 Å². The molecule has 0 aromatic carbocycles. The monoisotopic (exact) mass is 287 g/mol. The number of amides is 3. The van der Waals surface area contributed by atoms with Gasteiger partial charge in [0.25, 0.3) is 0 Å². The second kappa shape index (κ2) is 6.56. The Bertz CT molecular complexity index is 397. The van der Waals surface area contributed by atoms with Crippen molar-refractivity contribution in [1.82, 2.24) is 15.5 Å². The number of ether oxygens (including phenoxy) is 1. The van der Waals surface area contributed by atoms with Gasteiger partial charge in [0.15, 0.2) is 0 Å². The summed E-state index contributed by atoms with van der Waals surface area (Å²) in [6.45, 7) is 4.48. The molecule has 114 valence electrons. The van der Waals surface area contributed by atoms with E-state index >= 15 is 0 Å². The van der Waals surface area contributed by atoms with Crippen molar-refractivity contribution in [1.29, 1.82) is 0 Å². The molecule has 20 heavy (non-hydrogen) atoms. The van der Waals surface area contributed by atoms with Crippen molar-refractivity contribution in [2.24, 2.45) is 0 Å². The Balaban J connectivity index is 2.67. The van der Waals surface area contributed by atoms with Crippen molar-refractivity contribution in [3.63, 3.8) is 0 Å². The maximum atomic E-state index is 12.1. The van der Waals surface area contributed by atoms with Crippen molar-refractivity contribution in [2.45, 2.75) is 31.9 Å². The van der Waals surface area contributed by atoms with Gasteiger partial charge in [0.1, 0.15) is 6.04 Å². The van der Waals surface area contributed by atoms with E-state index in [1.807, 2.05) is 13.8 Å². The first-order valence-electron chi connectivity index (χ1n) is 6.36. The molecule has 8 heteroatoms. The van der Waals surface area contributed by atoms with Gasteiger partial charge in [0.2, 0.25) is 5.91 Å². The summed E-state index contributed by atoms with van der Waals surface area (Å²) in [5, 5.41) is 14.0. The number of urea groups is 1. The van der Waals surface area contributed by atoms with Crippen LogP contribution < -0.4 is 10.6 Å². The molecule has 0 radical (unpaired) electrons. The van der Waals surface area contributed by atoms with Crippen LogP contribution in [0.2, 0.25) is 0 Å². The number of nitrogens with zero attached hydrogens (tertiary/aromatic N) is 1. The molecule has 0 spiro atoms. The van der Waals surface area contributed by atoms with Crippen molar-refractivity contribution in [2.75, 3.05) is 26.7 Å². The molecule has 0 aromatic rings. The van der Waals surface area contributed by atoms with Gasteiger partial charge in [-0.15, -0.1) is 0 Å². The number of carbonyl (C=O) groups is 3. The van der Waals surface area contributed by atoms with Gasteiger partial charge >= 0.3 is 12.0 Å². The van der Waals surface area contributed by atoms with E-state index < -0.39 is 36.0 Å². The van der Waals surface area contributed by atoms with Gasteiger partial charge in [-0.1, -0.05) is 0 Å². The van der Waals surface area contributed by atoms with Gasteiger partial charge in [-0.25, -0.2) is 4.79 Å². The number of methoxy groups -OCH3 is 1. The van der Waals surface area contributed by atoms with E-state index in [-0.39, 0.29) is 13.1 Å². The van der Waals surface area contributed by atoms with Gasteiger partial charge in [0.05, 0.1) is 12.0 Å². The molecule has 1 rings (SSSR count). The minimum Gasteiger partial charge on any atom is -0.481 e. The number of carboxylic acid groups (broad SMARTS) is 1. The van der Waals surface area contributed by atoms with Crippen LogP contribution in [0.25, 0.3) is 0 Å². The molecule has 1 fully saturated rings. The minimum absolute atomic E-state index is 0.264. The van der Waals surface area contributed by atoms with Crippen molar-refractivity contribution in [3.05, 3.63) is 0 Å². The highest BCUT2D eigenvalue weighted by molar-refractivity contribution is 5.91. The third kappa shape index (κ3) is 4.37. The normalized spacial score (nSPS) is 19.4. The number of hydrogen-bond donors (Lipinski definition) is 3. The van der Waals surface area contributed by atoms with E-state index in [0.717, 1.165) is 0 Å². The fraction of sp³-hybridized carbons (Fsp3) is 0.750. The molecule has 0 aliphatic carbocycles. The number of hydrogen-bond acceptors (Lipinski definition) is 4. The number of nitrogens with one attached hydrogen (secondary N) is 2. The number of piperazine rings is 1. The van der Waals surface area contributed by atoms with E-state index in [1.165, 1.54) is 12.0 Å². The summed E-state index contributed by atoms with van der Waals surface area (Å²) in [4.78, 5) is 35.8. The summed E-state index contributed by atoms with van der Waals surface area (Å²) < 4.78 is 5.18. The summed E-state index contributed by atoms with van der Waals surface area (Å²) in [5.41, 5.74) is -0.532.